The van der Waals surface area contributed by atoms with E-state index >= 15 is 0 Å². The van der Waals surface area contributed by atoms with E-state index in [1.165, 1.54) is 13.8 Å². The molecular weight excluding hydrogens is 395 g/mol. The predicted octanol–water partition coefficient (Wildman–Crippen LogP) is 2.81. The lowest BCUT2D eigenvalue weighted by atomic mass is 10.0. The maximum Gasteiger partial charge on any atom is 0.407 e. The number of benzene rings is 1. The summed E-state index contributed by atoms with van der Waals surface area (Å²) in [4.78, 5) is 17.1. The number of hydrogen-bond acceptors (Lipinski definition) is 4. The fourth-order valence-corrected chi connectivity index (χ4v) is 3.76. The van der Waals surface area contributed by atoms with Crippen molar-refractivity contribution < 1.29 is 30.9 Å². The average molecular weight is 407 g/mol. The maximum absolute atomic E-state index is 13.1. The molecule has 1 aromatic carbocycles. The summed E-state index contributed by atoms with van der Waals surface area (Å²) in [5.74, 6) is -1.76. The summed E-state index contributed by atoms with van der Waals surface area (Å²) in [6.07, 6.45) is -4.83. The Hall–Kier alpha value is -2.23. The zero-order chi connectivity index (χ0) is 20.1. The molecule has 1 aliphatic rings. The number of anilines is 1. The minimum absolute atomic E-state index is 0.259. The van der Waals surface area contributed by atoms with Crippen LogP contribution in [0.5, 0.6) is 0 Å². The van der Waals surface area contributed by atoms with E-state index < -0.39 is 44.9 Å². The van der Waals surface area contributed by atoms with Crippen molar-refractivity contribution in [2.24, 2.45) is 0 Å². The Kier molecular flexibility index (Phi) is 4.78. The van der Waals surface area contributed by atoms with Crippen LogP contribution in [0.2, 0.25) is 0 Å². The highest BCUT2D eigenvalue weighted by Gasteiger charge is 2.51. The summed E-state index contributed by atoms with van der Waals surface area (Å²) in [5.41, 5.74) is -3.66. The van der Waals surface area contributed by atoms with Gasteiger partial charge in [-0.1, -0.05) is 6.07 Å². The van der Waals surface area contributed by atoms with E-state index in [0.717, 1.165) is 21.9 Å². The lowest BCUT2D eigenvalue weighted by Crippen LogP contribution is -2.46. The van der Waals surface area contributed by atoms with Gasteiger partial charge in [0.05, 0.1) is 12.1 Å². The van der Waals surface area contributed by atoms with Crippen LogP contribution in [0.25, 0.3) is 4.85 Å². The predicted molar refractivity (Wildman–Crippen MR) is 90.1 cm³/mol. The highest BCUT2D eigenvalue weighted by Crippen LogP contribution is 2.40. The van der Waals surface area contributed by atoms with Gasteiger partial charge in [0.1, 0.15) is 11.4 Å². The van der Waals surface area contributed by atoms with Crippen LogP contribution >= 0.6 is 12.2 Å². The number of amides is 1. The highest BCUT2D eigenvalue weighted by atomic mass is 32.2. The smallest absolute Gasteiger partial charge is 0.317 e. The van der Waals surface area contributed by atoms with Gasteiger partial charge < -0.3 is 4.90 Å². The molecule has 1 aromatic rings. The van der Waals surface area contributed by atoms with Crippen LogP contribution in [0.4, 0.5) is 24.5 Å². The molecule has 26 heavy (non-hydrogen) atoms. The molecule has 1 amide bonds. The van der Waals surface area contributed by atoms with E-state index in [2.05, 4.69) is 4.85 Å². The zero-order valence-electron chi connectivity index (χ0n) is 13.4. The second-order valence-corrected chi connectivity index (χ2v) is 7.72. The maximum atomic E-state index is 13.1. The number of hydrogen-bond donors (Lipinski definition) is 1. The van der Waals surface area contributed by atoms with Gasteiger partial charge >= 0.3 is 6.18 Å². The number of rotatable bonds is 3. The number of carbonyl (C=O) groups is 1. The Labute approximate surface area is 152 Å². The summed E-state index contributed by atoms with van der Waals surface area (Å²) in [5, 5.41) is -0.374. The minimum Gasteiger partial charge on any atom is -0.317 e. The van der Waals surface area contributed by atoms with E-state index in [-0.39, 0.29) is 10.8 Å². The Morgan fingerprint density at radius 2 is 1.92 bits per heavy atom. The summed E-state index contributed by atoms with van der Waals surface area (Å²) in [6, 6.07) is 2.62. The van der Waals surface area contributed by atoms with Gasteiger partial charge in [-0.2, -0.15) is 21.6 Å². The molecule has 1 fully saturated rings. The van der Waals surface area contributed by atoms with Crippen molar-refractivity contribution in [1.29, 1.82) is 0 Å². The molecule has 7 nitrogen and oxygen atoms in total. The van der Waals surface area contributed by atoms with Gasteiger partial charge in [-0.25, -0.2) is 4.85 Å². The van der Waals surface area contributed by atoms with Crippen LogP contribution in [0.1, 0.15) is 19.4 Å². The first kappa shape index (κ1) is 20.1. The van der Waals surface area contributed by atoms with Crippen LogP contribution < -0.4 is 4.90 Å². The largest absolute Gasteiger partial charge is 0.407 e. The fourth-order valence-electron chi connectivity index (χ4n) is 2.43. The molecular formula is C14H12F3N3O4S2. The zero-order valence-corrected chi connectivity index (χ0v) is 15.0. The molecule has 1 N–H and O–H groups in total. The lowest BCUT2D eigenvalue weighted by Gasteiger charge is -2.27. The Bertz CT molecular complexity index is 936. The molecule has 0 radical (unpaired) electrons. The van der Waals surface area contributed by atoms with Gasteiger partial charge in [0.25, 0.3) is 16.0 Å². The molecule has 1 aliphatic heterocycles. The van der Waals surface area contributed by atoms with E-state index in [1.54, 1.807) is 0 Å². The molecule has 0 aliphatic carbocycles. The van der Waals surface area contributed by atoms with Gasteiger partial charge in [0.2, 0.25) is 0 Å². The fraction of sp³-hybridized carbons (Fsp3) is 0.357. The van der Waals surface area contributed by atoms with Crippen molar-refractivity contribution in [2.75, 3.05) is 10.8 Å². The molecule has 2 rings (SSSR count). The molecule has 0 bridgehead atoms. The van der Waals surface area contributed by atoms with Crippen molar-refractivity contribution in [2.45, 2.75) is 25.6 Å². The van der Waals surface area contributed by atoms with Crippen LogP contribution in [0, 0.1) is 6.57 Å². The molecule has 140 valence electrons. The van der Waals surface area contributed by atoms with E-state index in [4.69, 9.17) is 23.3 Å². The first-order valence-electron chi connectivity index (χ1n) is 6.90. The second-order valence-electron chi connectivity index (χ2n) is 5.93. The van der Waals surface area contributed by atoms with Crippen LogP contribution in [0.15, 0.2) is 18.2 Å². The average Bonchev–Trinajstić information content (AvgIpc) is 2.65. The Morgan fingerprint density at radius 1 is 1.35 bits per heavy atom. The van der Waals surface area contributed by atoms with E-state index in [1.807, 2.05) is 0 Å². The first-order valence-corrected chi connectivity index (χ1v) is 8.92. The molecule has 1 saturated heterocycles. The third-order valence-electron chi connectivity index (χ3n) is 3.78. The van der Waals surface area contributed by atoms with E-state index in [0.29, 0.717) is 6.07 Å². The number of thiocarbonyl (C=S) groups is 1. The van der Waals surface area contributed by atoms with E-state index in [9.17, 15) is 26.4 Å². The second kappa shape index (κ2) is 6.19. The SMILES string of the molecule is [C-]#[N+]c1ccc(N2C(=O)C(C)(C)N(CS(=O)(=O)O)C2=S)cc1C(F)(F)F. The quantitative estimate of drug-likeness (QED) is 0.471. The van der Waals surface area contributed by atoms with Crippen molar-refractivity contribution >= 4 is 44.7 Å². The van der Waals surface area contributed by atoms with Crippen LogP contribution in [-0.2, 0) is 21.1 Å². The molecule has 0 unspecified atom stereocenters. The van der Waals surface area contributed by atoms with Crippen molar-refractivity contribution in [3.8, 4) is 0 Å². The summed E-state index contributed by atoms with van der Waals surface area (Å²) < 4.78 is 70.8. The summed E-state index contributed by atoms with van der Waals surface area (Å²) >= 11 is 5.05. The minimum atomic E-state index is -4.83. The third kappa shape index (κ3) is 3.50. The third-order valence-corrected chi connectivity index (χ3v) is 4.77. The molecule has 0 spiro atoms. The summed E-state index contributed by atoms with van der Waals surface area (Å²) in [7, 11) is -4.54. The lowest BCUT2D eigenvalue weighted by molar-refractivity contribution is -0.136. The van der Waals surface area contributed by atoms with Crippen molar-refractivity contribution in [1.82, 2.24) is 4.90 Å². The van der Waals surface area contributed by atoms with Crippen LogP contribution in [-0.4, -0.2) is 40.3 Å². The molecule has 0 saturated carbocycles. The van der Waals surface area contributed by atoms with Gasteiger partial charge in [0, 0.05) is 5.69 Å². The van der Waals surface area contributed by atoms with Crippen molar-refractivity contribution in [3.63, 3.8) is 0 Å². The monoisotopic (exact) mass is 407 g/mol. The van der Waals surface area contributed by atoms with Crippen molar-refractivity contribution in [3.05, 3.63) is 35.2 Å². The van der Waals surface area contributed by atoms with Gasteiger partial charge in [-0.05, 0) is 38.2 Å². The Balaban J connectivity index is 2.58. The molecule has 0 aromatic heterocycles. The number of carbonyl (C=O) groups excluding carboxylic acids is 1. The molecule has 12 heteroatoms. The summed E-state index contributed by atoms with van der Waals surface area (Å²) in [6.45, 7) is 9.48. The standard InChI is InChI=1S/C14H12F3N3O4S2/c1-13(2)11(21)20(12(25)19(13)7-26(22,23)24)8-4-5-10(18-3)9(6-8)14(15,16)17/h4-6H,7H2,1-2H3,(H,22,23,24). The van der Waals surface area contributed by atoms with Crippen LogP contribution in [0.3, 0.4) is 0 Å². The highest BCUT2D eigenvalue weighted by molar-refractivity contribution is 7.86. The van der Waals surface area contributed by atoms with Gasteiger partial charge in [-0.15, -0.1) is 0 Å². The topological polar surface area (TPSA) is 82.3 Å². The normalized spacial score (nSPS) is 17.6. The number of alkyl halides is 3. The number of halogens is 3. The molecule has 1 heterocycles. The van der Waals surface area contributed by atoms with Gasteiger partial charge in [0.15, 0.2) is 10.8 Å². The van der Waals surface area contributed by atoms with Gasteiger partial charge in [-0.3, -0.25) is 14.2 Å². The Morgan fingerprint density at radius 3 is 2.38 bits per heavy atom. The number of nitrogens with zero attached hydrogens (tertiary/aromatic N) is 3. The molecule has 0 atom stereocenters. The first-order chi connectivity index (χ1) is 11.7.